The Hall–Kier alpha value is -2.63. The number of rotatable bonds is 4. The Kier molecular flexibility index (Phi) is 4.14. The smallest absolute Gasteiger partial charge is 0.257 e. The quantitative estimate of drug-likeness (QED) is 0.747. The normalized spacial score (nSPS) is 16.5. The number of nitrogen functional groups attached to an aromatic ring is 1. The zero-order valence-corrected chi connectivity index (χ0v) is 13.1. The molecular formula is C17H20N4O2. The fourth-order valence-corrected chi connectivity index (χ4v) is 2.93. The van der Waals surface area contributed by atoms with Crippen LogP contribution in [0.1, 0.15) is 34.8 Å². The van der Waals surface area contributed by atoms with Gasteiger partial charge in [-0.15, -0.1) is 0 Å². The highest BCUT2D eigenvalue weighted by atomic mass is 16.1. The maximum atomic E-state index is 12.0. The number of H-pyrrole nitrogens is 1. The molecule has 6 heteroatoms. The number of fused-ring (bicyclic) bond motifs is 1. The summed E-state index contributed by atoms with van der Waals surface area (Å²) in [7, 11) is 0. The van der Waals surface area contributed by atoms with Gasteiger partial charge in [0.1, 0.15) is 5.82 Å². The number of carbonyl (C=O) groups is 1. The number of carbonyl (C=O) groups excluding carboxylic acids is 1. The summed E-state index contributed by atoms with van der Waals surface area (Å²) in [5.74, 6) is 1.20. The van der Waals surface area contributed by atoms with Crippen LogP contribution in [-0.2, 0) is 12.8 Å². The van der Waals surface area contributed by atoms with E-state index >= 15 is 0 Å². The van der Waals surface area contributed by atoms with Gasteiger partial charge in [0.2, 0.25) is 5.95 Å². The predicted molar refractivity (Wildman–Crippen MR) is 89.7 cm³/mol. The minimum absolute atomic E-state index is 0.0793. The standard InChI is InChI=1S/C17H20N4O2/c1-10(22)13-6-4-11(5-7-13)2-3-12-8-14-15(19-9-12)20-17(18)21-16(14)23/h4-7,12H,2-3,8-9H2,1H3,(H4,18,19,20,21,23). The number of aryl methyl sites for hydroxylation is 1. The monoisotopic (exact) mass is 312 g/mol. The molecule has 1 unspecified atom stereocenters. The molecule has 0 fully saturated rings. The number of nitrogens with zero attached hydrogens (tertiary/aromatic N) is 1. The number of hydrogen-bond donors (Lipinski definition) is 3. The first kappa shape index (κ1) is 15.3. The Morgan fingerprint density at radius 1 is 1.35 bits per heavy atom. The van der Waals surface area contributed by atoms with E-state index in [0.717, 1.165) is 24.9 Å². The van der Waals surface area contributed by atoms with Gasteiger partial charge in [0, 0.05) is 12.1 Å². The summed E-state index contributed by atoms with van der Waals surface area (Å²) in [5, 5.41) is 3.20. The number of aromatic amines is 1. The first-order valence-electron chi connectivity index (χ1n) is 7.75. The molecule has 4 N–H and O–H groups in total. The molecule has 0 bridgehead atoms. The molecule has 0 aliphatic carbocycles. The number of benzene rings is 1. The van der Waals surface area contributed by atoms with E-state index in [9.17, 15) is 9.59 Å². The molecule has 1 aliphatic rings. The molecule has 23 heavy (non-hydrogen) atoms. The maximum Gasteiger partial charge on any atom is 0.257 e. The molecule has 0 spiro atoms. The highest BCUT2D eigenvalue weighted by Crippen LogP contribution is 2.23. The molecular weight excluding hydrogens is 292 g/mol. The molecule has 3 rings (SSSR count). The molecule has 0 amide bonds. The summed E-state index contributed by atoms with van der Waals surface area (Å²) in [6.45, 7) is 2.35. The van der Waals surface area contributed by atoms with Crippen LogP contribution in [0.15, 0.2) is 29.1 Å². The number of Topliss-reactive ketones (excluding diaryl/α,β-unsaturated/α-hetero) is 1. The molecule has 0 radical (unpaired) electrons. The van der Waals surface area contributed by atoms with Crippen LogP contribution in [0.25, 0.3) is 0 Å². The third kappa shape index (κ3) is 3.41. The van der Waals surface area contributed by atoms with Crippen LogP contribution in [-0.4, -0.2) is 22.3 Å². The second-order valence-corrected chi connectivity index (χ2v) is 6.02. The Labute approximate surface area is 134 Å². The summed E-state index contributed by atoms with van der Waals surface area (Å²) < 4.78 is 0. The summed E-state index contributed by atoms with van der Waals surface area (Å²) >= 11 is 0. The number of anilines is 2. The van der Waals surface area contributed by atoms with Gasteiger partial charge >= 0.3 is 0 Å². The van der Waals surface area contributed by atoms with E-state index in [4.69, 9.17) is 5.73 Å². The van der Waals surface area contributed by atoms with Crippen molar-refractivity contribution in [1.82, 2.24) is 9.97 Å². The van der Waals surface area contributed by atoms with Crippen molar-refractivity contribution >= 4 is 17.5 Å². The van der Waals surface area contributed by atoms with E-state index in [1.807, 2.05) is 24.3 Å². The van der Waals surface area contributed by atoms with Crippen molar-refractivity contribution in [2.24, 2.45) is 5.92 Å². The molecule has 2 aromatic rings. The first-order valence-corrected chi connectivity index (χ1v) is 7.75. The number of aromatic nitrogens is 2. The van der Waals surface area contributed by atoms with Gasteiger partial charge < -0.3 is 11.1 Å². The topological polar surface area (TPSA) is 101 Å². The van der Waals surface area contributed by atoms with Crippen LogP contribution in [0.5, 0.6) is 0 Å². The summed E-state index contributed by atoms with van der Waals surface area (Å²) in [5.41, 5.74) is 8.01. The van der Waals surface area contributed by atoms with E-state index in [1.54, 1.807) is 6.92 Å². The number of nitrogens with two attached hydrogens (primary N) is 1. The average Bonchev–Trinajstić information content (AvgIpc) is 2.53. The van der Waals surface area contributed by atoms with Crippen LogP contribution < -0.4 is 16.6 Å². The van der Waals surface area contributed by atoms with Crippen LogP contribution in [0.3, 0.4) is 0 Å². The van der Waals surface area contributed by atoms with Crippen molar-refractivity contribution < 1.29 is 4.79 Å². The van der Waals surface area contributed by atoms with Crippen molar-refractivity contribution in [2.75, 3.05) is 17.6 Å². The van der Waals surface area contributed by atoms with Crippen molar-refractivity contribution in [1.29, 1.82) is 0 Å². The van der Waals surface area contributed by atoms with Crippen molar-refractivity contribution in [3.63, 3.8) is 0 Å². The third-order valence-corrected chi connectivity index (χ3v) is 4.29. The van der Waals surface area contributed by atoms with Crippen molar-refractivity contribution in [2.45, 2.75) is 26.2 Å². The van der Waals surface area contributed by atoms with E-state index in [0.29, 0.717) is 23.7 Å². The van der Waals surface area contributed by atoms with Gasteiger partial charge in [0.05, 0.1) is 5.56 Å². The van der Waals surface area contributed by atoms with Gasteiger partial charge in [0.25, 0.3) is 5.56 Å². The Morgan fingerprint density at radius 2 is 2.09 bits per heavy atom. The van der Waals surface area contributed by atoms with Crippen LogP contribution >= 0.6 is 0 Å². The van der Waals surface area contributed by atoms with E-state index in [1.165, 1.54) is 5.56 Å². The van der Waals surface area contributed by atoms with Crippen LogP contribution in [0, 0.1) is 5.92 Å². The third-order valence-electron chi connectivity index (χ3n) is 4.29. The zero-order valence-electron chi connectivity index (χ0n) is 13.1. The fourth-order valence-electron chi connectivity index (χ4n) is 2.93. The van der Waals surface area contributed by atoms with Crippen molar-refractivity contribution in [3.8, 4) is 0 Å². The summed E-state index contributed by atoms with van der Waals surface area (Å²) in [6, 6.07) is 7.72. The number of ketones is 1. The molecule has 1 atom stereocenters. The molecule has 6 nitrogen and oxygen atoms in total. The van der Waals surface area contributed by atoms with E-state index < -0.39 is 0 Å². The molecule has 0 saturated carbocycles. The SMILES string of the molecule is CC(=O)c1ccc(CCC2CNc3nc(N)[nH]c(=O)c3C2)cc1. The molecule has 0 saturated heterocycles. The van der Waals surface area contributed by atoms with Gasteiger partial charge in [-0.25, -0.2) is 0 Å². The second-order valence-electron chi connectivity index (χ2n) is 6.02. The molecule has 1 aliphatic heterocycles. The Morgan fingerprint density at radius 3 is 2.78 bits per heavy atom. The van der Waals surface area contributed by atoms with Crippen LogP contribution in [0.4, 0.5) is 11.8 Å². The second kappa shape index (κ2) is 6.24. The van der Waals surface area contributed by atoms with Gasteiger partial charge in [-0.3, -0.25) is 14.6 Å². The van der Waals surface area contributed by atoms with Crippen molar-refractivity contribution in [3.05, 3.63) is 51.3 Å². The molecule has 2 heterocycles. The average molecular weight is 312 g/mol. The fraction of sp³-hybridized carbons (Fsp3) is 0.353. The lowest BCUT2D eigenvalue weighted by Crippen LogP contribution is -2.30. The van der Waals surface area contributed by atoms with Gasteiger partial charge in [0.15, 0.2) is 5.78 Å². The van der Waals surface area contributed by atoms with Gasteiger partial charge in [-0.1, -0.05) is 24.3 Å². The largest absolute Gasteiger partial charge is 0.369 e. The minimum Gasteiger partial charge on any atom is -0.369 e. The Bertz CT molecular complexity index is 780. The van der Waals surface area contributed by atoms with E-state index in [2.05, 4.69) is 15.3 Å². The molecule has 1 aromatic heterocycles. The van der Waals surface area contributed by atoms with Gasteiger partial charge in [-0.05, 0) is 37.7 Å². The van der Waals surface area contributed by atoms with Gasteiger partial charge in [-0.2, -0.15) is 4.98 Å². The lowest BCUT2D eigenvalue weighted by atomic mass is 9.91. The summed E-state index contributed by atoms with van der Waals surface area (Å²) in [4.78, 5) is 29.9. The maximum absolute atomic E-state index is 12.0. The number of hydrogen-bond acceptors (Lipinski definition) is 5. The predicted octanol–water partition coefficient (Wildman–Crippen LogP) is 1.77. The highest BCUT2D eigenvalue weighted by Gasteiger charge is 2.22. The lowest BCUT2D eigenvalue weighted by Gasteiger charge is -2.24. The lowest BCUT2D eigenvalue weighted by molar-refractivity contribution is 0.101. The zero-order chi connectivity index (χ0) is 16.4. The minimum atomic E-state index is -0.157. The molecule has 120 valence electrons. The van der Waals surface area contributed by atoms with Crippen LogP contribution in [0.2, 0.25) is 0 Å². The Balaban J connectivity index is 1.64. The molecule has 1 aromatic carbocycles. The number of nitrogens with one attached hydrogen (secondary N) is 2. The summed E-state index contributed by atoms with van der Waals surface area (Å²) in [6.07, 6.45) is 2.59. The highest BCUT2D eigenvalue weighted by molar-refractivity contribution is 5.93. The van der Waals surface area contributed by atoms with E-state index in [-0.39, 0.29) is 17.3 Å². The first-order chi connectivity index (χ1) is 11.0.